The molecule has 0 fully saturated rings. The van der Waals surface area contributed by atoms with Gasteiger partial charge in [-0.2, -0.15) is 0 Å². The van der Waals surface area contributed by atoms with Crippen molar-refractivity contribution in [3.8, 4) is 0 Å². The van der Waals surface area contributed by atoms with Gasteiger partial charge in [-0.05, 0) is 111 Å². The summed E-state index contributed by atoms with van der Waals surface area (Å²) in [7, 11) is 0. The van der Waals surface area contributed by atoms with Gasteiger partial charge >= 0.3 is 0 Å². The fraction of sp³-hybridized carbons (Fsp3) is 0.214. The van der Waals surface area contributed by atoms with Gasteiger partial charge < -0.3 is 0 Å². The summed E-state index contributed by atoms with van der Waals surface area (Å²) in [6.07, 6.45) is 0. The molecular weight excluding hydrogens is 546 g/mol. The molecule has 6 aromatic rings. The van der Waals surface area contributed by atoms with Crippen LogP contribution in [0.1, 0.15) is 102 Å². The van der Waals surface area contributed by atoms with E-state index in [9.17, 15) is 0 Å². The smallest absolute Gasteiger partial charge is 0.0686 e. The summed E-state index contributed by atoms with van der Waals surface area (Å²) >= 11 is 0. The zero-order valence-electron chi connectivity index (χ0n) is 27.0. The van der Waals surface area contributed by atoms with Crippen LogP contribution in [0.2, 0.25) is 0 Å². The molecule has 0 saturated carbocycles. The van der Waals surface area contributed by atoms with E-state index >= 15 is 0 Å². The van der Waals surface area contributed by atoms with E-state index in [1.165, 1.54) is 50.1 Å². The average Bonchev–Trinajstić information content (AvgIpc) is 2.97. The molecule has 3 aromatic heterocycles. The van der Waals surface area contributed by atoms with Crippen LogP contribution in [0, 0.1) is 41.5 Å². The van der Waals surface area contributed by atoms with Crippen molar-refractivity contribution >= 4 is 0 Å². The van der Waals surface area contributed by atoms with Crippen molar-refractivity contribution in [2.45, 2.75) is 59.3 Å². The second-order valence-corrected chi connectivity index (χ2v) is 13.0. The van der Waals surface area contributed by atoms with Crippen LogP contribution in [0.5, 0.6) is 0 Å². The topological polar surface area (TPSA) is 38.7 Å². The van der Waals surface area contributed by atoms with Crippen LogP contribution in [0.3, 0.4) is 0 Å². The molecule has 0 saturated heterocycles. The molecule has 7 rings (SSSR count). The number of hydrogen-bond donors (Lipinski definition) is 0. The SMILES string of the molecule is Cc1cccc(C2c3cc(C)cc(n3)C(c3cccc(C)c3)c3cc(C)cc(n3)C(c3cccc(C)c3)c3cc(C)cc2n3)c1. The van der Waals surface area contributed by atoms with Crippen molar-refractivity contribution in [1.82, 2.24) is 15.0 Å². The summed E-state index contributed by atoms with van der Waals surface area (Å²) in [5.41, 5.74) is 16.9. The Labute approximate surface area is 267 Å². The van der Waals surface area contributed by atoms with Crippen LogP contribution in [0.15, 0.2) is 109 Å². The van der Waals surface area contributed by atoms with Crippen molar-refractivity contribution in [3.05, 3.63) is 193 Å². The fourth-order valence-corrected chi connectivity index (χ4v) is 7.08. The highest BCUT2D eigenvalue weighted by molar-refractivity contribution is 5.49. The molecule has 6 bridgehead atoms. The summed E-state index contributed by atoms with van der Waals surface area (Å²) in [4.78, 5) is 16.5. The lowest BCUT2D eigenvalue weighted by Gasteiger charge is -2.27. The Bertz CT molecular complexity index is 1750. The summed E-state index contributed by atoms with van der Waals surface area (Å²) < 4.78 is 0. The van der Waals surface area contributed by atoms with Crippen LogP contribution in [0.25, 0.3) is 0 Å². The molecule has 3 aromatic carbocycles. The molecule has 3 nitrogen and oxygen atoms in total. The van der Waals surface area contributed by atoms with Crippen LogP contribution >= 0.6 is 0 Å². The highest BCUT2D eigenvalue weighted by Gasteiger charge is 2.30. The van der Waals surface area contributed by atoms with Gasteiger partial charge in [-0.25, -0.2) is 0 Å². The summed E-state index contributed by atoms with van der Waals surface area (Å²) in [5, 5.41) is 0. The van der Waals surface area contributed by atoms with E-state index in [0.717, 1.165) is 34.2 Å². The van der Waals surface area contributed by atoms with Gasteiger partial charge in [0.1, 0.15) is 0 Å². The van der Waals surface area contributed by atoms with Crippen LogP contribution in [-0.2, 0) is 0 Å². The Morgan fingerprint density at radius 3 is 0.778 bits per heavy atom. The minimum absolute atomic E-state index is 0.119. The third-order valence-corrected chi connectivity index (χ3v) is 8.93. The monoisotopic (exact) mass is 585 g/mol. The van der Waals surface area contributed by atoms with Crippen molar-refractivity contribution in [1.29, 1.82) is 0 Å². The third-order valence-electron chi connectivity index (χ3n) is 8.93. The van der Waals surface area contributed by atoms with Crippen molar-refractivity contribution < 1.29 is 0 Å². The standard InChI is InChI=1S/C42H39N3/c1-25-10-7-13-31(16-25)40-34-19-28(4)21-36(43-34)41(32-14-8-11-26(2)17-32)38-23-30(6)24-39(45-38)42(33-15-9-12-27(3)18-33)37-22-29(5)20-35(40)44-37/h7-24,40-42H,1-6H3. The number of pyridine rings is 3. The van der Waals surface area contributed by atoms with E-state index in [0.29, 0.717) is 0 Å². The minimum Gasteiger partial charge on any atom is -0.256 e. The number of aromatic nitrogens is 3. The van der Waals surface area contributed by atoms with Gasteiger partial charge in [-0.3, -0.25) is 15.0 Å². The van der Waals surface area contributed by atoms with Crippen LogP contribution in [0.4, 0.5) is 0 Å². The van der Waals surface area contributed by atoms with Gasteiger partial charge in [-0.15, -0.1) is 0 Å². The lowest BCUT2D eigenvalue weighted by atomic mass is 9.84. The Kier molecular flexibility index (Phi) is 7.41. The van der Waals surface area contributed by atoms with E-state index in [1.54, 1.807) is 0 Å². The predicted octanol–water partition coefficient (Wildman–Crippen LogP) is 9.58. The van der Waals surface area contributed by atoms with Gasteiger partial charge in [0.2, 0.25) is 0 Å². The summed E-state index contributed by atoms with van der Waals surface area (Å²) in [6.45, 7) is 13.0. The predicted molar refractivity (Wildman–Crippen MR) is 183 cm³/mol. The van der Waals surface area contributed by atoms with Gasteiger partial charge in [0.15, 0.2) is 0 Å². The van der Waals surface area contributed by atoms with Crippen molar-refractivity contribution in [2.24, 2.45) is 0 Å². The van der Waals surface area contributed by atoms with E-state index in [-0.39, 0.29) is 17.8 Å². The molecule has 4 heterocycles. The summed E-state index contributed by atoms with van der Waals surface area (Å²) in [6, 6.07) is 39.9. The minimum atomic E-state index is -0.119. The maximum absolute atomic E-state index is 5.52. The Morgan fingerprint density at radius 1 is 0.311 bits per heavy atom. The number of nitrogens with zero attached hydrogens (tertiary/aromatic N) is 3. The second kappa shape index (κ2) is 11.6. The quantitative estimate of drug-likeness (QED) is 0.207. The largest absolute Gasteiger partial charge is 0.256 e. The maximum Gasteiger partial charge on any atom is 0.0686 e. The number of benzene rings is 3. The first-order valence-electron chi connectivity index (χ1n) is 15.9. The molecule has 0 N–H and O–H groups in total. The molecule has 1 aliphatic rings. The molecule has 0 spiro atoms. The number of fused-ring (bicyclic) bond motifs is 6. The first-order chi connectivity index (χ1) is 21.7. The molecule has 0 atom stereocenters. The molecule has 222 valence electrons. The lowest BCUT2D eigenvalue weighted by molar-refractivity contribution is 0.766. The van der Waals surface area contributed by atoms with E-state index in [2.05, 4.69) is 151 Å². The van der Waals surface area contributed by atoms with E-state index < -0.39 is 0 Å². The van der Waals surface area contributed by atoms with E-state index in [4.69, 9.17) is 15.0 Å². The van der Waals surface area contributed by atoms with Crippen molar-refractivity contribution in [2.75, 3.05) is 0 Å². The molecule has 45 heavy (non-hydrogen) atoms. The molecular formula is C42H39N3. The Morgan fingerprint density at radius 2 is 0.556 bits per heavy atom. The van der Waals surface area contributed by atoms with Crippen molar-refractivity contribution in [3.63, 3.8) is 0 Å². The molecule has 0 radical (unpaired) electrons. The zero-order chi connectivity index (χ0) is 31.2. The Hall–Kier alpha value is -4.89. The van der Waals surface area contributed by atoms with Gasteiger partial charge in [0, 0.05) is 0 Å². The molecule has 0 aliphatic carbocycles. The van der Waals surface area contributed by atoms with Crippen LogP contribution < -0.4 is 0 Å². The first-order valence-corrected chi connectivity index (χ1v) is 15.9. The zero-order valence-corrected chi connectivity index (χ0v) is 27.0. The summed E-state index contributed by atoms with van der Waals surface area (Å²) in [5.74, 6) is -0.358. The van der Waals surface area contributed by atoms with Gasteiger partial charge in [0.25, 0.3) is 0 Å². The Balaban J connectivity index is 1.61. The number of aryl methyl sites for hydroxylation is 6. The number of rotatable bonds is 3. The van der Waals surface area contributed by atoms with Gasteiger partial charge in [-0.1, -0.05) is 89.5 Å². The molecule has 3 heteroatoms. The van der Waals surface area contributed by atoms with Gasteiger partial charge in [0.05, 0.1) is 51.9 Å². The maximum atomic E-state index is 5.52. The lowest BCUT2D eigenvalue weighted by Crippen LogP contribution is -2.18. The van der Waals surface area contributed by atoms with E-state index in [1.807, 2.05) is 0 Å². The average molecular weight is 586 g/mol. The number of hydrogen-bond acceptors (Lipinski definition) is 3. The highest BCUT2D eigenvalue weighted by Crippen LogP contribution is 2.40. The highest BCUT2D eigenvalue weighted by atomic mass is 14.8. The molecule has 0 unspecified atom stereocenters. The fourth-order valence-electron chi connectivity index (χ4n) is 7.08. The van der Waals surface area contributed by atoms with Crippen LogP contribution in [-0.4, -0.2) is 15.0 Å². The second-order valence-electron chi connectivity index (χ2n) is 13.0. The molecule has 1 aliphatic heterocycles. The normalized spacial score (nSPS) is 17.3. The third kappa shape index (κ3) is 5.71. The first kappa shape index (κ1) is 28.9. The molecule has 0 amide bonds.